The van der Waals surface area contributed by atoms with Gasteiger partial charge in [0.2, 0.25) is 0 Å². The topological polar surface area (TPSA) is 40.5 Å². The molecule has 19 heavy (non-hydrogen) atoms. The van der Waals surface area contributed by atoms with Crippen molar-refractivity contribution in [3.63, 3.8) is 0 Å². The van der Waals surface area contributed by atoms with Gasteiger partial charge in [-0.05, 0) is 56.9 Å². The van der Waals surface area contributed by atoms with Gasteiger partial charge in [0.15, 0.2) is 0 Å². The Balaban J connectivity index is 1.96. The van der Waals surface area contributed by atoms with Gasteiger partial charge in [-0.15, -0.1) is 0 Å². The molecule has 0 aromatic rings. The number of hydrogen-bond acceptors (Lipinski definition) is 2. The molecule has 0 radical (unpaired) electrons. The molecule has 0 bridgehead atoms. The van der Waals surface area contributed by atoms with E-state index in [0.29, 0.717) is 12.0 Å². The summed E-state index contributed by atoms with van der Waals surface area (Å²) in [5, 5.41) is 9.51. The summed E-state index contributed by atoms with van der Waals surface area (Å²) < 4.78 is 0. The number of carboxylic acid groups (broad SMARTS) is 1. The molecule has 1 saturated heterocycles. The Labute approximate surface area is 117 Å². The van der Waals surface area contributed by atoms with Crippen LogP contribution in [-0.4, -0.2) is 34.6 Å². The van der Waals surface area contributed by atoms with E-state index in [0.717, 1.165) is 25.3 Å². The third-order valence-electron chi connectivity index (χ3n) is 5.48. The van der Waals surface area contributed by atoms with E-state index >= 15 is 0 Å². The number of hydrogen-bond donors (Lipinski definition) is 1. The molecule has 2 atom stereocenters. The van der Waals surface area contributed by atoms with Crippen LogP contribution in [-0.2, 0) is 4.79 Å². The van der Waals surface area contributed by atoms with Crippen molar-refractivity contribution in [3.8, 4) is 0 Å². The molecule has 0 amide bonds. The molecule has 0 aromatic carbocycles. The average molecular weight is 267 g/mol. The van der Waals surface area contributed by atoms with Gasteiger partial charge in [-0.25, -0.2) is 0 Å². The number of likely N-dealkylation sites (tertiary alicyclic amines) is 1. The fraction of sp³-hybridized carbons (Fsp3) is 0.938. The minimum absolute atomic E-state index is 0.220. The Morgan fingerprint density at radius 2 is 1.68 bits per heavy atom. The molecule has 0 aromatic heterocycles. The quantitative estimate of drug-likeness (QED) is 0.847. The van der Waals surface area contributed by atoms with Gasteiger partial charge in [0.1, 0.15) is 6.04 Å². The van der Waals surface area contributed by atoms with Crippen LogP contribution in [0.15, 0.2) is 0 Å². The molecule has 2 rings (SSSR count). The van der Waals surface area contributed by atoms with Gasteiger partial charge in [-0.1, -0.05) is 26.7 Å². The van der Waals surface area contributed by atoms with E-state index in [-0.39, 0.29) is 6.04 Å². The van der Waals surface area contributed by atoms with E-state index in [2.05, 4.69) is 18.7 Å². The van der Waals surface area contributed by atoms with E-state index in [1.54, 1.807) is 0 Å². The number of carboxylic acids is 1. The van der Waals surface area contributed by atoms with Crippen molar-refractivity contribution in [2.24, 2.45) is 11.8 Å². The summed E-state index contributed by atoms with van der Waals surface area (Å²) in [6, 6.07) is 0.309. The van der Waals surface area contributed by atoms with E-state index in [4.69, 9.17) is 0 Å². The van der Waals surface area contributed by atoms with Crippen LogP contribution in [0.25, 0.3) is 0 Å². The number of nitrogens with zero attached hydrogens (tertiary/aromatic N) is 1. The third kappa shape index (κ3) is 3.50. The van der Waals surface area contributed by atoms with Crippen LogP contribution >= 0.6 is 0 Å². The summed E-state index contributed by atoms with van der Waals surface area (Å²) in [6.07, 6.45) is 9.46. The van der Waals surface area contributed by atoms with E-state index in [1.165, 1.54) is 38.5 Å². The molecule has 1 N–H and O–H groups in total. The largest absolute Gasteiger partial charge is 0.480 e. The lowest BCUT2D eigenvalue weighted by Crippen LogP contribution is -2.52. The van der Waals surface area contributed by atoms with Gasteiger partial charge in [0.05, 0.1) is 0 Å². The SMILES string of the molecule is CCC1CCC(N2CCC(CC)CC2C(=O)O)CC1. The summed E-state index contributed by atoms with van der Waals surface area (Å²) in [5.74, 6) is 0.896. The molecule has 110 valence electrons. The maximum absolute atomic E-state index is 11.5. The van der Waals surface area contributed by atoms with Gasteiger partial charge in [-0.3, -0.25) is 9.69 Å². The Kier molecular flexibility index (Phi) is 5.26. The minimum Gasteiger partial charge on any atom is -0.480 e. The Bertz CT molecular complexity index is 297. The summed E-state index contributed by atoms with van der Waals surface area (Å²) in [7, 11) is 0. The van der Waals surface area contributed by atoms with Gasteiger partial charge in [0, 0.05) is 6.04 Å². The van der Waals surface area contributed by atoms with Crippen molar-refractivity contribution in [2.75, 3.05) is 6.54 Å². The molecular weight excluding hydrogens is 238 g/mol. The van der Waals surface area contributed by atoms with Crippen LogP contribution in [0.3, 0.4) is 0 Å². The average Bonchev–Trinajstić information content (AvgIpc) is 2.46. The van der Waals surface area contributed by atoms with Crippen molar-refractivity contribution in [3.05, 3.63) is 0 Å². The highest BCUT2D eigenvalue weighted by atomic mass is 16.4. The second-order valence-electron chi connectivity index (χ2n) is 6.47. The smallest absolute Gasteiger partial charge is 0.320 e. The molecule has 1 aliphatic heterocycles. The van der Waals surface area contributed by atoms with Gasteiger partial charge in [0.25, 0.3) is 0 Å². The molecule has 2 aliphatic rings. The predicted molar refractivity (Wildman–Crippen MR) is 77.2 cm³/mol. The third-order valence-corrected chi connectivity index (χ3v) is 5.48. The molecule has 1 heterocycles. The minimum atomic E-state index is -0.601. The van der Waals surface area contributed by atoms with Crippen LogP contribution < -0.4 is 0 Å². The van der Waals surface area contributed by atoms with Crippen LogP contribution in [0.5, 0.6) is 0 Å². The van der Waals surface area contributed by atoms with Crippen molar-refractivity contribution < 1.29 is 9.90 Å². The zero-order valence-electron chi connectivity index (χ0n) is 12.5. The number of piperidine rings is 1. The number of rotatable bonds is 4. The fourth-order valence-corrected chi connectivity index (χ4v) is 3.99. The van der Waals surface area contributed by atoms with E-state index in [1.807, 2.05) is 0 Å². The van der Waals surface area contributed by atoms with E-state index < -0.39 is 5.97 Å². The summed E-state index contributed by atoms with van der Waals surface area (Å²) in [4.78, 5) is 13.9. The molecule has 3 nitrogen and oxygen atoms in total. The molecular formula is C16H29NO2. The lowest BCUT2D eigenvalue weighted by atomic mass is 9.81. The monoisotopic (exact) mass is 267 g/mol. The molecule has 1 aliphatic carbocycles. The first-order valence-corrected chi connectivity index (χ1v) is 8.14. The molecule has 2 unspecified atom stereocenters. The highest BCUT2D eigenvalue weighted by Gasteiger charge is 2.37. The normalized spacial score (nSPS) is 37.2. The van der Waals surface area contributed by atoms with Crippen LogP contribution in [0, 0.1) is 11.8 Å². The Morgan fingerprint density at radius 3 is 2.21 bits per heavy atom. The predicted octanol–water partition coefficient (Wildman–Crippen LogP) is 3.53. The second kappa shape index (κ2) is 6.74. The Morgan fingerprint density at radius 1 is 1.05 bits per heavy atom. The first kappa shape index (κ1) is 14.8. The molecule has 3 heteroatoms. The highest BCUT2D eigenvalue weighted by molar-refractivity contribution is 5.73. The van der Waals surface area contributed by atoms with Crippen molar-refractivity contribution in [2.45, 2.75) is 77.3 Å². The van der Waals surface area contributed by atoms with Crippen LogP contribution in [0.4, 0.5) is 0 Å². The number of aliphatic carboxylic acids is 1. The number of carbonyl (C=O) groups is 1. The van der Waals surface area contributed by atoms with Crippen molar-refractivity contribution in [1.82, 2.24) is 4.90 Å². The summed E-state index contributed by atoms with van der Waals surface area (Å²) >= 11 is 0. The lowest BCUT2D eigenvalue weighted by molar-refractivity contribution is -0.147. The highest BCUT2D eigenvalue weighted by Crippen LogP contribution is 2.34. The van der Waals surface area contributed by atoms with E-state index in [9.17, 15) is 9.90 Å². The molecule has 2 fully saturated rings. The van der Waals surface area contributed by atoms with Crippen molar-refractivity contribution >= 4 is 5.97 Å². The molecule has 1 saturated carbocycles. The second-order valence-corrected chi connectivity index (χ2v) is 6.47. The van der Waals surface area contributed by atoms with Gasteiger partial charge < -0.3 is 5.11 Å². The maximum atomic E-state index is 11.5. The summed E-state index contributed by atoms with van der Waals surface area (Å²) in [5.41, 5.74) is 0. The molecule has 0 spiro atoms. The lowest BCUT2D eigenvalue weighted by Gasteiger charge is -2.44. The van der Waals surface area contributed by atoms with Crippen LogP contribution in [0.1, 0.15) is 65.2 Å². The van der Waals surface area contributed by atoms with Gasteiger partial charge >= 0.3 is 5.97 Å². The zero-order chi connectivity index (χ0) is 13.8. The standard InChI is InChI=1S/C16H29NO2/c1-3-12-5-7-14(8-6-12)17-10-9-13(4-2)11-15(17)16(18)19/h12-15H,3-11H2,1-2H3,(H,18,19). The first-order chi connectivity index (χ1) is 9.15. The van der Waals surface area contributed by atoms with Crippen molar-refractivity contribution in [1.29, 1.82) is 0 Å². The van der Waals surface area contributed by atoms with Gasteiger partial charge in [-0.2, -0.15) is 0 Å². The zero-order valence-corrected chi connectivity index (χ0v) is 12.5. The Hall–Kier alpha value is -0.570. The maximum Gasteiger partial charge on any atom is 0.320 e. The summed E-state index contributed by atoms with van der Waals surface area (Å²) in [6.45, 7) is 5.46. The fourth-order valence-electron chi connectivity index (χ4n) is 3.99. The first-order valence-electron chi connectivity index (χ1n) is 8.14. The van der Waals surface area contributed by atoms with Crippen LogP contribution in [0.2, 0.25) is 0 Å².